The molecule has 0 radical (unpaired) electrons. The largest absolute Gasteiger partial charge is 0.294 e. The van der Waals surface area contributed by atoms with Crippen LogP contribution in [0.5, 0.6) is 0 Å². The van der Waals surface area contributed by atoms with Gasteiger partial charge in [-0.15, -0.1) is 0 Å². The van der Waals surface area contributed by atoms with E-state index in [1.165, 1.54) is 0 Å². The lowest BCUT2D eigenvalue weighted by Gasteiger charge is -2.07. The van der Waals surface area contributed by atoms with Gasteiger partial charge in [-0.05, 0) is 16.3 Å². The van der Waals surface area contributed by atoms with Crippen molar-refractivity contribution in [3.63, 3.8) is 0 Å². The Labute approximate surface area is 122 Å². The number of Topliss-reactive ketones (excluding diaryl/α,β-unsaturated/α-hetero) is 1. The number of ketones is 2. The first kappa shape index (κ1) is 12.0. The molecule has 3 aromatic rings. The minimum atomic E-state index is -0.00125. The molecule has 1 aliphatic rings. The maximum Gasteiger partial charge on any atom is 0.193 e. The maximum absolute atomic E-state index is 12.7. The Bertz CT molecular complexity index is 892. The molecule has 21 heavy (non-hydrogen) atoms. The molecule has 0 aliphatic heterocycles. The molecule has 0 heterocycles. The molecule has 1 aliphatic carbocycles. The van der Waals surface area contributed by atoms with E-state index in [0.717, 1.165) is 21.9 Å². The number of hydrogen-bond donors (Lipinski definition) is 0. The van der Waals surface area contributed by atoms with Crippen molar-refractivity contribution in [1.82, 2.24) is 0 Å². The summed E-state index contributed by atoms with van der Waals surface area (Å²) in [5.41, 5.74) is 3.10. The first-order valence-electron chi connectivity index (χ1n) is 6.93. The Morgan fingerprint density at radius 2 is 1.67 bits per heavy atom. The lowest BCUT2D eigenvalue weighted by atomic mass is 9.95. The van der Waals surface area contributed by atoms with Crippen molar-refractivity contribution >= 4 is 22.3 Å². The lowest BCUT2D eigenvalue weighted by molar-refractivity contribution is 0.0998. The van der Waals surface area contributed by atoms with Crippen molar-refractivity contribution < 1.29 is 9.59 Å². The topological polar surface area (TPSA) is 34.1 Å². The fourth-order valence-corrected chi connectivity index (χ4v) is 3.07. The van der Waals surface area contributed by atoms with E-state index < -0.39 is 0 Å². The standard InChI is InChI=1S/C19H12O2/c20-17-11-13-9-10-15(14-7-4-8-16(17)18(13)14)19(21)12-5-2-1-3-6-12/h1-10H,11H2. The molecule has 0 N–H and O–H groups in total. The van der Waals surface area contributed by atoms with Gasteiger partial charge in [0.2, 0.25) is 0 Å². The summed E-state index contributed by atoms with van der Waals surface area (Å²) in [4.78, 5) is 24.7. The number of carbonyl (C=O) groups excluding carboxylic acids is 2. The van der Waals surface area contributed by atoms with Crippen LogP contribution in [0.15, 0.2) is 60.7 Å². The van der Waals surface area contributed by atoms with Gasteiger partial charge in [0, 0.05) is 23.1 Å². The van der Waals surface area contributed by atoms with E-state index in [0.29, 0.717) is 17.5 Å². The SMILES string of the molecule is O=C(c1ccccc1)c1ccc2c3c(cccc13)C(=O)C2. The Morgan fingerprint density at radius 3 is 2.48 bits per heavy atom. The molecule has 2 heteroatoms. The van der Waals surface area contributed by atoms with E-state index in [-0.39, 0.29) is 11.6 Å². The van der Waals surface area contributed by atoms with Crippen LogP contribution in [-0.4, -0.2) is 11.6 Å². The maximum atomic E-state index is 12.7. The summed E-state index contributed by atoms with van der Waals surface area (Å²) in [6, 6.07) is 18.6. The molecule has 0 amide bonds. The molecule has 0 fully saturated rings. The fourth-order valence-electron chi connectivity index (χ4n) is 3.07. The molecule has 0 spiro atoms. The average molecular weight is 272 g/mol. The average Bonchev–Trinajstić information content (AvgIpc) is 2.86. The molecular weight excluding hydrogens is 260 g/mol. The Balaban J connectivity index is 1.98. The molecular formula is C19H12O2. The Morgan fingerprint density at radius 1 is 0.857 bits per heavy atom. The molecule has 0 bridgehead atoms. The minimum Gasteiger partial charge on any atom is -0.294 e. The molecule has 0 aromatic heterocycles. The fraction of sp³-hybridized carbons (Fsp3) is 0.0526. The van der Waals surface area contributed by atoms with Crippen molar-refractivity contribution in [3.8, 4) is 0 Å². The second-order valence-corrected chi connectivity index (χ2v) is 5.30. The summed E-state index contributed by atoms with van der Waals surface area (Å²) in [6.45, 7) is 0. The molecule has 0 atom stereocenters. The van der Waals surface area contributed by atoms with Crippen molar-refractivity contribution in [1.29, 1.82) is 0 Å². The van der Waals surface area contributed by atoms with E-state index in [1.54, 1.807) is 0 Å². The predicted molar refractivity (Wildman–Crippen MR) is 81.9 cm³/mol. The number of carbonyl (C=O) groups is 2. The molecule has 0 saturated heterocycles. The quantitative estimate of drug-likeness (QED) is 0.665. The highest BCUT2D eigenvalue weighted by molar-refractivity contribution is 6.22. The van der Waals surface area contributed by atoms with E-state index >= 15 is 0 Å². The van der Waals surface area contributed by atoms with Crippen LogP contribution < -0.4 is 0 Å². The zero-order valence-corrected chi connectivity index (χ0v) is 11.3. The lowest BCUT2D eigenvalue weighted by Crippen LogP contribution is -2.02. The Hall–Kier alpha value is -2.74. The van der Waals surface area contributed by atoms with Gasteiger partial charge in [0.15, 0.2) is 11.6 Å². The monoisotopic (exact) mass is 272 g/mol. The smallest absolute Gasteiger partial charge is 0.193 e. The van der Waals surface area contributed by atoms with Crippen LogP contribution in [-0.2, 0) is 6.42 Å². The van der Waals surface area contributed by atoms with E-state index in [2.05, 4.69) is 0 Å². The summed E-state index contributed by atoms with van der Waals surface area (Å²) < 4.78 is 0. The molecule has 3 aromatic carbocycles. The van der Waals surface area contributed by atoms with Gasteiger partial charge in [-0.3, -0.25) is 9.59 Å². The van der Waals surface area contributed by atoms with Crippen molar-refractivity contribution in [2.45, 2.75) is 6.42 Å². The predicted octanol–water partition coefficient (Wildman–Crippen LogP) is 3.81. The molecule has 100 valence electrons. The normalized spacial score (nSPS) is 12.9. The van der Waals surface area contributed by atoms with Gasteiger partial charge in [-0.25, -0.2) is 0 Å². The van der Waals surface area contributed by atoms with Gasteiger partial charge in [0.1, 0.15) is 0 Å². The zero-order chi connectivity index (χ0) is 14.4. The van der Waals surface area contributed by atoms with Crippen molar-refractivity contribution in [2.24, 2.45) is 0 Å². The van der Waals surface area contributed by atoms with Gasteiger partial charge in [-0.1, -0.05) is 60.7 Å². The third-order valence-electron chi connectivity index (χ3n) is 4.06. The van der Waals surface area contributed by atoms with E-state index in [9.17, 15) is 9.59 Å². The highest BCUT2D eigenvalue weighted by Gasteiger charge is 2.24. The van der Waals surface area contributed by atoms with Gasteiger partial charge in [0.25, 0.3) is 0 Å². The highest BCUT2D eigenvalue weighted by atomic mass is 16.1. The van der Waals surface area contributed by atoms with Crippen LogP contribution in [0.3, 0.4) is 0 Å². The van der Waals surface area contributed by atoms with Crippen LogP contribution in [0.2, 0.25) is 0 Å². The molecule has 0 unspecified atom stereocenters. The van der Waals surface area contributed by atoms with Crippen LogP contribution >= 0.6 is 0 Å². The summed E-state index contributed by atoms with van der Waals surface area (Å²) >= 11 is 0. The summed E-state index contributed by atoms with van der Waals surface area (Å²) in [7, 11) is 0. The van der Waals surface area contributed by atoms with Crippen molar-refractivity contribution in [2.75, 3.05) is 0 Å². The first-order chi connectivity index (χ1) is 10.3. The van der Waals surface area contributed by atoms with E-state index in [1.807, 2.05) is 60.7 Å². The Kier molecular flexibility index (Phi) is 2.51. The van der Waals surface area contributed by atoms with Gasteiger partial charge >= 0.3 is 0 Å². The van der Waals surface area contributed by atoms with Gasteiger partial charge in [-0.2, -0.15) is 0 Å². The molecule has 4 rings (SSSR count). The van der Waals surface area contributed by atoms with Gasteiger partial charge in [0.05, 0.1) is 0 Å². The number of benzene rings is 3. The van der Waals surface area contributed by atoms with Crippen LogP contribution in [0, 0.1) is 0 Å². The van der Waals surface area contributed by atoms with Crippen LogP contribution in [0.4, 0.5) is 0 Å². The molecule has 0 saturated carbocycles. The highest BCUT2D eigenvalue weighted by Crippen LogP contribution is 2.33. The summed E-state index contributed by atoms with van der Waals surface area (Å²) in [5.74, 6) is 0.138. The van der Waals surface area contributed by atoms with Gasteiger partial charge < -0.3 is 0 Å². The second kappa shape index (κ2) is 4.38. The van der Waals surface area contributed by atoms with Crippen LogP contribution in [0.25, 0.3) is 10.8 Å². The van der Waals surface area contributed by atoms with E-state index in [4.69, 9.17) is 0 Å². The van der Waals surface area contributed by atoms with Crippen molar-refractivity contribution in [3.05, 3.63) is 82.9 Å². The third kappa shape index (κ3) is 1.73. The number of rotatable bonds is 2. The first-order valence-corrected chi connectivity index (χ1v) is 6.93. The zero-order valence-electron chi connectivity index (χ0n) is 11.3. The third-order valence-corrected chi connectivity index (χ3v) is 4.06. The summed E-state index contributed by atoms with van der Waals surface area (Å²) in [6.07, 6.45) is 0.440. The minimum absolute atomic E-state index is 0.00125. The second-order valence-electron chi connectivity index (χ2n) is 5.30. The summed E-state index contributed by atoms with van der Waals surface area (Å²) in [5, 5.41) is 1.83. The van der Waals surface area contributed by atoms with Crippen LogP contribution in [0.1, 0.15) is 31.8 Å². The number of hydrogen-bond acceptors (Lipinski definition) is 2. The molecule has 2 nitrogen and oxygen atoms in total.